The van der Waals surface area contributed by atoms with E-state index in [-0.39, 0.29) is 17.8 Å². The number of nitrogens with zero attached hydrogens (tertiary/aromatic N) is 2. The molecule has 0 aliphatic rings. The van der Waals surface area contributed by atoms with Gasteiger partial charge < -0.3 is 5.11 Å². The van der Waals surface area contributed by atoms with Crippen molar-refractivity contribution in [2.45, 2.75) is 59.5 Å². The zero-order chi connectivity index (χ0) is 23.3. The molecule has 0 radical (unpaired) electrons. The molecule has 0 aliphatic heterocycles. The second kappa shape index (κ2) is 10.4. The first kappa shape index (κ1) is 23.5. The molecule has 1 aromatic heterocycles. The van der Waals surface area contributed by atoms with Crippen LogP contribution in [0.15, 0.2) is 53.3 Å². The lowest BCUT2D eigenvalue weighted by atomic mass is 9.98. The van der Waals surface area contributed by atoms with E-state index in [1.165, 1.54) is 4.57 Å². The third-order valence-corrected chi connectivity index (χ3v) is 5.72. The summed E-state index contributed by atoms with van der Waals surface area (Å²) in [6, 6.07) is 14.3. The molecule has 32 heavy (non-hydrogen) atoms. The van der Waals surface area contributed by atoms with E-state index in [0.717, 1.165) is 30.4 Å². The zero-order valence-electron chi connectivity index (χ0n) is 19.0. The van der Waals surface area contributed by atoms with Gasteiger partial charge in [-0.2, -0.15) is 4.39 Å². The number of aromatic nitrogens is 2. The lowest BCUT2D eigenvalue weighted by Gasteiger charge is -2.10. The number of unbranched alkanes of at least 4 members (excludes halogenated alkanes) is 1. The number of carboxylic acids is 1. The number of carbonyl (C=O) groups is 1. The van der Waals surface area contributed by atoms with Crippen molar-refractivity contribution in [1.29, 1.82) is 0 Å². The highest BCUT2D eigenvalue weighted by Crippen LogP contribution is 2.24. The van der Waals surface area contributed by atoms with Crippen molar-refractivity contribution in [2.24, 2.45) is 5.92 Å². The summed E-state index contributed by atoms with van der Waals surface area (Å²) in [4.78, 5) is 24.5. The maximum Gasteiger partial charge on any atom is 0.336 e. The minimum Gasteiger partial charge on any atom is -0.478 e. The van der Waals surface area contributed by atoms with E-state index in [4.69, 9.17) is 0 Å². The first-order valence-electron chi connectivity index (χ1n) is 11.2. The van der Waals surface area contributed by atoms with Crippen LogP contribution >= 0.6 is 0 Å². The Morgan fingerprint density at radius 1 is 1.06 bits per heavy atom. The molecular weight excluding hydrogens is 407 g/mol. The summed E-state index contributed by atoms with van der Waals surface area (Å²) in [6.07, 6.45) is 2.96. The summed E-state index contributed by atoms with van der Waals surface area (Å²) < 4.78 is 17.9. The minimum absolute atomic E-state index is 0.238. The van der Waals surface area contributed by atoms with Crippen molar-refractivity contribution in [2.75, 3.05) is 0 Å². The largest absolute Gasteiger partial charge is 0.478 e. The van der Waals surface area contributed by atoms with E-state index in [1.807, 2.05) is 31.2 Å². The number of hydrogen-bond acceptors (Lipinski definition) is 2. The summed E-state index contributed by atoms with van der Waals surface area (Å²) in [5, 5.41) is 9.44. The van der Waals surface area contributed by atoms with Crippen molar-refractivity contribution in [1.82, 2.24) is 9.13 Å². The van der Waals surface area contributed by atoms with Crippen molar-refractivity contribution in [3.05, 3.63) is 81.8 Å². The van der Waals surface area contributed by atoms with Crippen LogP contribution in [0.2, 0.25) is 0 Å². The Hall–Kier alpha value is -3.15. The molecule has 0 fully saturated rings. The smallest absolute Gasteiger partial charge is 0.336 e. The lowest BCUT2D eigenvalue weighted by molar-refractivity contribution is 0.0697. The first-order valence-corrected chi connectivity index (χ1v) is 11.2. The second-order valence-electron chi connectivity index (χ2n) is 8.59. The molecular formula is C26H31FN2O3. The van der Waals surface area contributed by atoms with E-state index < -0.39 is 11.9 Å². The molecule has 170 valence electrons. The van der Waals surface area contributed by atoms with Gasteiger partial charge in [-0.25, -0.2) is 9.59 Å². The van der Waals surface area contributed by atoms with Gasteiger partial charge in [-0.3, -0.25) is 9.13 Å². The van der Waals surface area contributed by atoms with Gasteiger partial charge in [0.1, 0.15) is 0 Å². The van der Waals surface area contributed by atoms with E-state index in [2.05, 4.69) is 13.8 Å². The molecule has 5 nitrogen and oxygen atoms in total. The monoisotopic (exact) mass is 438 g/mol. The van der Waals surface area contributed by atoms with Gasteiger partial charge in [-0.15, -0.1) is 0 Å². The maximum atomic E-state index is 15.1. The minimum atomic E-state index is -0.977. The third kappa shape index (κ3) is 5.18. The molecule has 1 N–H and O–H groups in total. The van der Waals surface area contributed by atoms with Crippen LogP contribution in [0.4, 0.5) is 4.39 Å². The average Bonchev–Trinajstić information content (AvgIpc) is 3.00. The van der Waals surface area contributed by atoms with Crippen LogP contribution in [-0.2, 0) is 19.5 Å². The number of benzene rings is 2. The number of hydrogen-bond donors (Lipinski definition) is 1. The summed E-state index contributed by atoms with van der Waals surface area (Å²) in [7, 11) is 0. The third-order valence-electron chi connectivity index (χ3n) is 5.72. The topological polar surface area (TPSA) is 64.2 Å². The number of rotatable bonds is 10. The van der Waals surface area contributed by atoms with Crippen molar-refractivity contribution < 1.29 is 14.3 Å². The Balaban J connectivity index is 1.93. The van der Waals surface area contributed by atoms with Gasteiger partial charge in [0.2, 0.25) is 5.95 Å². The Bertz CT molecular complexity index is 1130. The van der Waals surface area contributed by atoms with E-state index in [9.17, 15) is 14.7 Å². The van der Waals surface area contributed by atoms with Crippen LogP contribution < -0.4 is 5.69 Å². The summed E-state index contributed by atoms with van der Waals surface area (Å²) in [6.45, 7) is 6.85. The fourth-order valence-corrected chi connectivity index (χ4v) is 3.84. The molecule has 6 heteroatoms. The highest BCUT2D eigenvalue weighted by molar-refractivity contribution is 5.95. The summed E-state index contributed by atoms with van der Waals surface area (Å²) in [5.41, 5.74) is 2.67. The Labute approximate surface area is 188 Å². The number of aromatic carboxylic acids is 1. The Morgan fingerprint density at radius 2 is 1.75 bits per heavy atom. The average molecular weight is 439 g/mol. The summed E-state index contributed by atoms with van der Waals surface area (Å²) in [5.74, 6) is -0.989. The molecule has 0 atom stereocenters. The highest BCUT2D eigenvalue weighted by atomic mass is 19.1. The molecule has 0 spiro atoms. The quantitative estimate of drug-likeness (QED) is 0.449. The SMILES string of the molecule is CCCCn1c(F)c(CCC(C)C)n(Cc2ccc(-c3ccccc3C(=O)O)cc2)c1=O. The summed E-state index contributed by atoms with van der Waals surface area (Å²) >= 11 is 0. The van der Waals surface area contributed by atoms with Gasteiger partial charge in [0.15, 0.2) is 0 Å². The highest BCUT2D eigenvalue weighted by Gasteiger charge is 2.20. The van der Waals surface area contributed by atoms with Crippen LogP contribution in [0.3, 0.4) is 0 Å². The number of carboxylic acid groups (broad SMARTS) is 1. The molecule has 3 rings (SSSR count). The Morgan fingerprint density at radius 3 is 2.38 bits per heavy atom. The van der Waals surface area contributed by atoms with Crippen LogP contribution in [0, 0.1) is 11.9 Å². The number of halogens is 1. The predicted octanol–water partition coefficient (Wildman–Crippen LogP) is 5.59. The van der Waals surface area contributed by atoms with Gasteiger partial charge in [0.05, 0.1) is 17.8 Å². The van der Waals surface area contributed by atoms with Crippen LogP contribution in [-0.4, -0.2) is 20.2 Å². The van der Waals surface area contributed by atoms with Crippen LogP contribution in [0.5, 0.6) is 0 Å². The number of imidazole rings is 1. The fourth-order valence-electron chi connectivity index (χ4n) is 3.84. The molecule has 0 aliphatic carbocycles. The first-order chi connectivity index (χ1) is 15.3. The van der Waals surface area contributed by atoms with Gasteiger partial charge in [0, 0.05) is 6.54 Å². The molecule has 0 unspecified atom stereocenters. The molecule has 0 saturated carbocycles. The molecule has 1 heterocycles. The fraction of sp³-hybridized carbons (Fsp3) is 0.385. The van der Waals surface area contributed by atoms with Crippen molar-refractivity contribution >= 4 is 5.97 Å². The maximum absolute atomic E-state index is 15.1. The van der Waals surface area contributed by atoms with Gasteiger partial charge in [-0.1, -0.05) is 69.7 Å². The normalized spacial score (nSPS) is 11.3. The predicted molar refractivity (Wildman–Crippen MR) is 125 cm³/mol. The standard InChI is InChI=1S/C26H31FN2O3/c1-4-5-16-28-24(27)23(15-10-18(2)3)29(26(28)32)17-19-11-13-20(14-12-19)21-8-6-7-9-22(21)25(30)31/h6-9,11-14,18H,4-5,10,15-17H2,1-3H3,(H,30,31). The molecule has 3 aromatic rings. The van der Waals surface area contributed by atoms with Gasteiger partial charge in [-0.05, 0) is 47.9 Å². The molecule has 0 amide bonds. The Kier molecular flexibility index (Phi) is 7.67. The lowest BCUT2D eigenvalue weighted by Crippen LogP contribution is -2.26. The van der Waals surface area contributed by atoms with Crippen molar-refractivity contribution in [3.8, 4) is 11.1 Å². The molecule has 2 aromatic carbocycles. The zero-order valence-corrected chi connectivity index (χ0v) is 19.0. The van der Waals surface area contributed by atoms with Gasteiger partial charge in [0.25, 0.3) is 0 Å². The van der Waals surface area contributed by atoms with Crippen LogP contribution in [0.25, 0.3) is 11.1 Å². The van der Waals surface area contributed by atoms with Crippen molar-refractivity contribution in [3.63, 3.8) is 0 Å². The van der Waals surface area contributed by atoms with Gasteiger partial charge >= 0.3 is 11.7 Å². The van der Waals surface area contributed by atoms with Crippen LogP contribution in [0.1, 0.15) is 61.6 Å². The van der Waals surface area contributed by atoms with E-state index in [1.54, 1.807) is 28.8 Å². The second-order valence-corrected chi connectivity index (χ2v) is 8.59. The van der Waals surface area contributed by atoms with E-state index in [0.29, 0.717) is 30.1 Å². The molecule has 0 bridgehead atoms. The van der Waals surface area contributed by atoms with E-state index >= 15 is 4.39 Å². The molecule has 0 saturated heterocycles.